The van der Waals surface area contributed by atoms with Crippen molar-refractivity contribution in [2.24, 2.45) is 5.92 Å². The van der Waals surface area contributed by atoms with Crippen LogP contribution in [-0.4, -0.2) is 47.9 Å². The number of halogens is 1. The number of carbonyl (C=O) groups is 2. The lowest BCUT2D eigenvalue weighted by Gasteiger charge is -2.40. The van der Waals surface area contributed by atoms with Crippen molar-refractivity contribution in [1.29, 1.82) is 0 Å². The van der Waals surface area contributed by atoms with E-state index >= 15 is 0 Å². The highest BCUT2D eigenvalue weighted by atomic mass is 35.5. The Morgan fingerprint density at radius 1 is 0.902 bits per heavy atom. The van der Waals surface area contributed by atoms with Crippen molar-refractivity contribution in [1.82, 2.24) is 15.1 Å². The average Bonchev–Trinajstić information content (AvgIpc) is 3.01. The van der Waals surface area contributed by atoms with E-state index in [1.807, 2.05) is 60.7 Å². The van der Waals surface area contributed by atoms with Gasteiger partial charge in [0.25, 0.3) is 5.91 Å². The van der Waals surface area contributed by atoms with Gasteiger partial charge in [0.2, 0.25) is 5.91 Å². The molecule has 0 radical (unpaired) electrons. The van der Waals surface area contributed by atoms with Gasteiger partial charge >= 0.3 is 0 Å². The molecule has 0 saturated carbocycles. The van der Waals surface area contributed by atoms with Gasteiger partial charge in [-0.15, -0.1) is 0 Å². The van der Waals surface area contributed by atoms with Crippen LogP contribution in [0.5, 0.6) is 5.75 Å². The van der Waals surface area contributed by atoms with Crippen molar-refractivity contribution in [3.8, 4) is 5.75 Å². The summed E-state index contributed by atoms with van der Waals surface area (Å²) >= 11 is 6.05. The van der Waals surface area contributed by atoms with Crippen LogP contribution in [0.2, 0.25) is 5.02 Å². The molecule has 41 heavy (non-hydrogen) atoms. The van der Waals surface area contributed by atoms with Gasteiger partial charge in [-0.1, -0.05) is 61.8 Å². The van der Waals surface area contributed by atoms with Crippen LogP contribution in [0.3, 0.4) is 0 Å². The van der Waals surface area contributed by atoms with Gasteiger partial charge in [0.1, 0.15) is 5.75 Å². The SMILES string of the molecule is CCC(CC)C(=O)N(Cc1ccc(C(=O)NCc2ccc(OC)cc2)cc1)C1CCN(Cc2ccc(Cl)cc2)CC1. The highest BCUT2D eigenvalue weighted by molar-refractivity contribution is 6.30. The van der Waals surface area contributed by atoms with Gasteiger partial charge in [0, 0.05) is 55.3 Å². The number of carbonyl (C=O) groups excluding carboxylic acids is 2. The van der Waals surface area contributed by atoms with E-state index in [4.69, 9.17) is 16.3 Å². The monoisotopic (exact) mass is 575 g/mol. The minimum Gasteiger partial charge on any atom is -0.497 e. The molecule has 3 aromatic rings. The molecular weight excluding hydrogens is 534 g/mol. The van der Waals surface area contributed by atoms with Crippen LogP contribution in [0, 0.1) is 5.92 Å². The Morgan fingerprint density at radius 3 is 2.07 bits per heavy atom. The molecule has 1 saturated heterocycles. The lowest BCUT2D eigenvalue weighted by molar-refractivity contribution is -0.140. The van der Waals surface area contributed by atoms with E-state index in [0.29, 0.717) is 18.7 Å². The fourth-order valence-electron chi connectivity index (χ4n) is 5.48. The standard InChI is InChI=1S/C34H42ClN3O3/c1-4-28(5-2)34(40)38(31-18-20-37(21-19-31)23-26-8-14-30(35)15-9-26)24-27-6-12-29(13-7-27)33(39)36-22-25-10-16-32(41-3)17-11-25/h6-17,28,31H,4-5,18-24H2,1-3H3,(H,36,39). The molecule has 0 spiro atoms. The second-order valence-electron chi connectivity index (χ2n) is 10.8. The van der Waals surface area contributed by atoms with Gasteiger partial charge in [-0.2, -0.15) is 0 Å². The Labute approximate surface area is 249 Å². The highest BCUT2D eigenvalue weighted by Crippen LogP contribution is 2.25. The van der Waals surface area contributed by atoms with Gasteiger partial charge in [-0.05, 0) is 78.8 Å². The summed E-state index contributed by atoms with van der Waals surface area (Å²) in [5, 5.41) is 3.74. The maximum atomic E-state index is 13.7. The smallest absolute Gasteiger partial charge is 0.251 e. The van der Waals surface area contributed by atoms with Crippen LogP contribution in [0.25, 0.3) is 0 Å². The first kappa shape index (κ1) is 30.6. The number of ether oxygens (including phenoxy) is 1. The Kier molecular flexibility index (Phi) is 11.2. The normalized spacial score (nSPS) is 14.2. The summed E-state index contributed by atoms with van der Waals surface area (Å²) in [5.41, 5.74) is 3.91. The maximum absolute atomic E-state index is 13.7. The minimum absolute atomic E-state index is 0.0325. The minimum atomic E-state index is -0.120. The van der Waals surface area contributed by atoms with E-state index in [1.54, 1.807) is 7.11 Å². The van der Waals surface area contributed by atoms with Gasteiger partial charge in [-0.3, -0.25) is 14.5 Å². The summed E-state index contributed by atoms with van der Waals surface area (Å²) in [6.45, 7) is 7.99. The summed E-state index contributed by atoms with van der Waals surface area (Å²) < 4.78 is 5.19. The molecule has 3 aromatic carbocycles. The van der Waals surface area contributed by atoms with E-state index < -0.39 is 0 Å². The first-order chi connectivity index (χ1) is 19.9. The topological polar surface area (TPSA) is 61.9 Å². The zero-order valence-electron chi connectivity index (χ0n) is 24.4. The molecule has 0 bridgehead atoms. The molecule has 7 heteroatoms. The molecule has 1 aliphatic rings. The van der Waals surface area contributed by atoms with Crippen LogP contribution >= 0.6 is 11.6 Å². The number of likely N-dealkylation sites (tertiary alicyclic amines) is 1. The van der Waals surface area contributed by atoms with Crippen LogP contribution in [-0.2, 0) is 24.4 Å². The number of nitrogens with one attached hydrogen (secondary N) is 1. The molecule has 1 N–H and O–H groups in total. The third-order valence-corrected chi connectivity index (χ3v) is 8.37. The summed E-state index contributed by atoms with van der Waals surface area (Å²) in [6.07, 6.45) is 3.58. The highest BCUT2D eigenvalue weighted by Gasteiger charge is 2.31. The molecular formula is C34H42ClN3O3. The summed E-state index contributed by atoms with van der Waals surface area (Å²) in [5.74, 6) is 0.943. The third-order valence-electron chi connectivity index (χ3n) is 8.12. The summed E-state index contributed by atoms with van der Waals surface area (Å²) in [6, 6.07) is 23.6. The second kappa shape index (κ2) is 15.0. The maximum Gasteiger partial charge on any atom is 0.251 e. The van der Waals surface area contributed by atoms with Crippen molar-refractivity contribution >= 4 is 23.4 Å². The number of amides is 2. The molecule has 1 aliphatic heterocycles. The molecule has 4 rings (SSSR count). The van der Waals surface area contributed by atoms with Crippen molar-refractivity contribution < 1.29 is 14.3 Å². The number of piperidine rings is 1. The summed E-state index contributed by atoms with van der Waals surface area (Å²) in [7, 11) is 1.63. The Morgan fingerprint density at radius 2 is 1.49 bits per heavy atom. The van der Waals surface area contributed by atoms with Gasteiger partial charge < -0.3 is 15.0 Å². The quantitative estimate of drug-likeness (QED) is 0.261. The number of methoxy groups -OCH3 is 1. The predicted molar refractivity (Wildman–Crippen MR) is 165 cm³/mol. The Hall–Kier alpha value is -3.35. The van der Waals surface area contributed by atoms with Crippen LogP contribution in [0.4, 0.5) is 0 Å². The number of nitrogens with zero attached hydrogens (tertiary/aromatic N) is 2. The molecule has 0 aromatic heterocycles. The fourth-order valence-corrected chi connectivity index (χ4v) is 5.61. The van der Waals surface area contributed by atoms with Gasteiger partial charge in [0.15, 0.2) is 0 Å². The van der Waals surface area contributed by atoms with E-state index in [1.165, 1.54) is 5.56 Å². The molecule has 2 amide bonds. The van der Waals surface area contributed by atoms with Crippen LogP contribution < -0.4 is 10.1 Å². The van der Waals surface area contributed by atoms with E-state index in [-0.39, 0.29) is 23.8 Å². The third kappa shape index (κ3) is 8.57. The van der Waals surface area contributed by atoms with Crippen LogP contribution in [0.15, 0.2) is 72.8 Å². The molecule has 1 fully saturated rings. The van der Waals surface area contributed by atoms with Gasteiger partial charge in [0.05, 0.1) is 7.11 Å². The number of rotatable bonds is 12. The van der Waals surface area contributed by atoms with Crippen molar-refractivity contribution in [2.45, 2.75) is 65.2 Å². The zero-order chi connectivity index (χ0) is 29.2. The number of hydrogen-bond acceptors (Lipinski definition) is 4. The lowest BCUT2D eigenvalue weighted by atomic mass is 9.96. The lowest BCUT2D eigenvalue weighted by Crippen LogP contribution is -2.48. The molecule has 218 valence electrons. The average molecular weight is 576 g/mol. The summed E-state index contributed by atoms with van der Waals surface area (Å²) in [4.78, 5) is 31.0. The van der Waals surface area contributed by atoms with Crippen LogP contribution in [0.1, 0.15) is 66.6 Å². The Balaban J connectivity index is 1.37. The fraction of sp³-hybridized carbons (Fsp3) is 0.412. The Bertz CT molecular complexity index is 1250. The van der Waals surface area contributed by atoms with E-state index in [9.17, 15) is 9.59 Å². The first-order valence-electron chi connectivity index (χ1n) is 14.7. The largest absolute Gasteiger partial charge is 0.497 e. The van der Waals surface area contributed by atoms with Crippen molar-refractivity contribution in [3.05, 3.63) is 100 Å². The molecule has 0 atom stereocenters. The first-order valence-corrected chi connectivity index (χ1v) is 15.0. The number of benzene rings is 3. The van der Waals surface area contributed by atoms with Crippen molar-refractivity contribution in [2.75, 3.05) is 20.2 Å². The molecule has 0 unspecified atom stereocenters. The molecule has 0 aliphatic carbocycles. The predicted octanol–water partition coefficient (Wildman–Crippen LogP) is 6.71. The van der Waals surface area contributed by atoms with Crippen molar-refractivity contribution in [3.63, 3.8) is 0 Å². The van der Waals surface area contributed by atoms with E-state index in [0.717, 1.165) is 67.2 Å². The molecule has 6 nitrogen and oxygen atoms in total. The number of hydrogen-bond donors (Lipinski definition) is 1. The van der Waals surface area contributed by atoms with Gasteiger partial charge in [-0.25, -0.2) is 0 Å². The van der Waals surface area contributed by atoms with E-state index in [2.05, 4.69) is 41.1 Å². The second-order valence-corrected chi connectivity index (χ2v) is 11.3. The molecule has 1 heterocycles. The zero-order valence-corrected chi connectivity index (χ0v) is 25.2.